The van der Waals surface area contributed by atoms with Crippen LogP contribution in [0.4, 0.5) is 0 Å². The van der Waals surface area contributed by atoms with E-state index in [4.69, 9.17) is 0 Å². The van der Waals surface area contributed by atoms with Crippen LogP contribution in [0.5, 0.6) is 0 Å². The largest absolute Gasteiger partial charge is 0.311 e. The molecule has 0 fully saturated rings. The molecular weight excluding hydrogens is 332 g/mol. The van der Waals surface area contributed by atoms with Gasteiger partial charge in [-0.15, -0.1) is 11.3 Å². The second-order valence-corrected chi connectivity index (χ2v) is 6.89. The fourth-order valence-electron chi connectivity index (χ4n) is 2.05. The van der Waals surface area contributed by atoms with E-state index in [0.717, 1.165) is 26.2 Å². The van der Waals surface area contributed by atoms with Crippen LogP contribution in [0.15, 0.2) is 40.2 Å². The predicted molar refractivity (Wildman–Crippen MR) is 91.2 cm³/mol. The molecule has 0 unspecified atom stereocenters. The van der Waals surface area contributed by atoms with E-state index in [1.807, 2.05) is 11.3 Å². The highest BCUT2D eigenvalue weighted by molar-refractivity contribution is 9.10. The van der Waals surface area contributed by atoms with Crippen molar-refractivity contribution in [3.8, 4) is 0 Å². The second kappa shape index (κ2) is 7.93. The Labute approximate surface area is 133 Å². The van der Waals surface area contributed by atoms with Gasteiger partial charge in [0.15, 0.2) is 0 Å². The molecule has 1 aromatic heterocycles. The van der Waals surface area contributed by atoms with Gasteiger partial charge < -0.3 is 10.2 Å². The molecule has 1 heterocycles. The van der Waals surface area contributed by atoms with Crippen LogP contribution in [0.25, 0.3) is 0 Å². The number of aryl methyl sites for hydroxylation is 1. The maximum absolute atomic E-state index is 3.60. The van der Waals surface area contributed by atoms with Crippen molar-refractivity contribution in [3.05, 3.63) is 56.2 Å². The fraction of sp³-hybridized carbons (Fsp3) is 0.375. The summed E-state index contributed by atoms with van der Waals surface area (Å²) in [5, 5.41) is 5.68. The average molecular weight is 353 g/mol. The standard InChI is InChI=1S/C16H21BrN2S/c1-13-7-10-20-16(13)11-18-8-9-19(2)12-14-5-3-4-6-15(14)17/h3-7,10,18H,8-9,11-12H2,1-2H3. The van der Waals surface area contributed by atoms with Gasteiger partial charge in [0.25, 0.3) is 0 Å². The van der Waals surface area contributed by atoms with Crippen molar-refractivity contribution >= 4 is 27.3 Å². The van der Waals surface area contributed by atoms with Crippen LogP contribution < -0.4 is 5.32 Å². The first kappa shape index (κ1) is 15.7. The highest BCUT2D eigenvalue weighted by Gasteiger charge is 2.04. The van der Waals surface area contributed by atoms with Crippen molar-refractivity contribution in [2.45, 2.75) is 20.0 Å². The van der Waals surface area contributed by atoms with Crippen LogP contribution in [-0.2, 0) is 13.1 Å². The van der Waals surface area contributed by atoms with E-state index in [2.05, 4.69) is 75.8 Å². The van der Waals surface area contributed by atoms with Gasteiger partial charge in [0.1, 0.15) is 0 Å². The van der Waals surface area contributed by atoms with Crippen molar-refractivity contribution in [1.29, 1.82) is 0 Å². The van der Waals surface area contributed by atoms with Gasteiger partial charge in [-0.1, -0.05) is 34.1 Å². The van der Waals surface area contributed by atoms with E-state index in [1.165, 1.54) is 20.5 Å². The number of nitrogens with one attached hydrogen (secondary N) is 1. The summed E-state index contributed by atoms with van der Waals surface area (Å²) in [7, 11) is 2.16. The van der Waals surface area contributed by atoms with Crippen LogP contribution in [0, 0.1) is 6.92 Å². The molecule has 0 atom stereocenters. The summed E-state index contributed by atoms with van der Waals surface area (Å²) in [6.45, 7) is 6.18. The second-order valence-electron chi connectivity index (χ2n) is 5.03. The minimum absolute atomic E-state index is 0.973. The summed E-state index contributed by atoms with van der Waals surface area (Å²) in [6, 6.07) is 10.6. The molecule has 0 saturated carbocycles. The van der Waals surface area contributed by atoms with Crippen molar-refractivity contribution in [1.82, 2.24) is 10.2 Å². The molecule has 0 spiro atoms. The van der Waals surface area contributed by atoms with Crippen molar-refractivity contribution in [2.75, 3.05) is 20.1 Å². The number of thiophene rings is 1. The molecule has 108 valence electrons. The van der Waals surface area contributed by atoms with E-state index in [0.29, 0.717) is 0 Å². The maximum Gasteiger partial charge on any atom is 0.0302 e. The number of benzene rings is 1. The SMILES string of the molecule is Cc1ccsc1CNCCN(C)Cc1ccccc1Br. The van der Waals surface area contributed by atoms with Crippen molar-refractivity contribution < 1.29 is 0 Å². The van der Waals surface area contributed by atoms with Crippen LogP contribution in [0.3, 0.4) is 0 Å². The number of halogens is 1. The molecule has 0 saturated heterocycles. The quantitative estimate of drug-likeness (QED) is 0.756. The Morgan fingerprint density at radius 2 is 2.05 bits per heavy atom. The van der Waals surface area contributed by atoms with E-state index < -0.39 is 0 Å². The molecule has 0 radical (unpaired) electrons. The Balaban J connectivity index is 1.69. The fourth-order valence-corrected chi connectivity index (χ4v) is 3.34. The third-order valence-electron chi connectivity index (χ3n) is 3.32. The lowest BCUT2D eigenvalue weighted by Crippen LogP contribution is -2.28. The molecule has 0 bridgehead atoms. The molecule has 0 aliphatic carbocycles. The number of hydrogen-bond donors (Lipinski definition) is 1. The number of likely N-dealkylation sites (N-methyl/N-ethyl adjacent to an activating group) is 1. The molecule has 2 rings (SSSR count). The van der Waals surface area contributed by atoms with E-state index >= 15 is 0 Å². The molecule has 1 aromatic carbocycles. The number of rotatable bonds is 7. The zero-order valence-corrected chi connectivity index (χ0v) is 14.4. The van der Waals surface area contributed by atoms with E-state index in [1.54, 1.807) is 0 Å². The van der Waals surface area contributed by atoms with E-state index in [-0.39, 0.29) is 0 Å². The van der Waals surface area contributed by atoms with Gasteiger partial charge in [-0.2, -0.15) is 0 Å². The summed E-state index contributed by atoms with van der Waals surface area (Å²) >= 11 is 5.43. The first-order valence-electron chi connectivity index (χ1n) is 6.82. The monoisotopic (exact) mass is 352 g/mol. The van der Waals surface area contributed by atoms with Crippen LogP contribution in [-0.4, -0.2) is 25.0 Å². The molecule has 1 N–H and O–H groups in total. The molecule has 2 nitrogen and oxygen atoms in total. The van der Waals surface area contributed by atoms with Gasteiger partial charge in [-0.3, -0.25) is 0 Å². The lowest BCUT2D eigenvalue weighted by molar-refractivity contribution is 0.323. The Kier molecular flexibility index (Phi) is 6.23. The number of hydrogen-bond acceptors (Lipinski definition) is 3. The third-order valence-corrected chi connectivity index (χ3v) is 5.12. The summed E-state index contributed by atoms with van der Waals surface area (Å²) in [6.07, 6.45) is 0. The first-order chi connectivity index (χ1) is 9.66. The lowest BCUT2D eigenvalue weighted by Gasteiger charge is -2.17. The summed E-state index contributed by atoms with van der Waals surface area (Å²) < 4.78 is 1.19. The normalized spacial score (nSPS) is 11.2. The Morgan fingerprint density at radius 3 is 2.75 bits per heavy atom. The summed E-state index contributed by atoms with van der Waals surface area (Å²) in [4.78, 5) is 3.78. The molecular formula is C16H21BrN2S. The lowest BCUT2D eigenvalue weighted by atomic mass is 10.2. The Hall–Kier alpha value is -0.680. The van der Waals surface area contributed by atoms with Gasteiger partial charge in [0, 0.05) is 35.5 Å². The molecule has 0 aliphatic heterocycles. The number of nitrogens with zero attached hydrogens (tertiary/aromatic N) is 1. The highest BCUT2D eigenvalue weighted by atomic mass is 79.9. The van der Waals surface area contributed by atoms with Crippen LogP contribution >= 0.6 is 27.3 Å². The Morgan fingerprint density at radius 1 is 1.25 bits per heavy atom. The van der Waals surface area contributed by atoms with Gasteiger partial charge >= 0.3 is 0 Å². The summed E-state index contributed by atoms with van der Waals surface area (Å²) in [5.41, 5.74) is 2.73. The topological polar surface area (TPSA) is 15.3 Å². The minimum Gasteiger partial charge on any atom is -0.311 e. The molecule has 0 amide bonds. The van der Waals surface area contributed by atoms with Gasteiger partial charge in [-0.25, -0.2) is 0 Å². The molecule has 4 heteroatoms. The highest BCUT2D eigenvalue weighted by Crippen LogP contribution is 2.17. The van der Waals surface area contributed by atoms with Gasteiger partial charge in [0.05, 0.1) is 0 Å². The van der Waals surface area contributed by atoms with Crippen molar-refractivity contribution in [2.24, 2.45) is 0 Å². The summed E-state index contributed by atoms with van der Waals surface area (Å²) in [5.74, 6) is 0. The van der Waals surface area contributed by atoms with Crippen LogP contribution in [0.1, 0.15) is 16.0 Å². The first-order valence-corrected chi connectivity index (χ1v) is 8.49. The molecule has 2 aromatic rings. The van der Waals surface area contributed by atoms with Gasteiger partial charge in [0.2, 0.25) is 0 Å². The maximum atomic E-state index is 3.60. The predicted octanol–water partition coefficient (Wildman–Crippen LogP) is 4.04. The van der Waals surface area contributed by atoms with Crippen molar-refractivity contribution in [3.63, 3.8) is 0 Å². The zero-order chi connectivity index (χ0) is 14.4. The zero-order valence-electron chi connectivity index (χ0n) is 12.0. The molecule has 20 heavy (non-hydrogen) atoms. The Bertz CT molecular complexity index is 539. The van der Waals surface area contributed by atoms with Crippen LogP contribution in [0.2, 0.25) is 0 Å². The third kappa shape index (κ3) is 4.70. The van der Waals surface area contributed by atoms with Gasteiger partial charge in [-0.05, 0) is 42.6 Å². The smallest absolute Gasteiger partial charge is 0.0302 e. The minimum atomic E-state index is 0.973. The average Bonchev–Trinajstić information content (AvgIpc) is 2.83. The van der Waals surface area contributed by atoms with E-state index in [9.17, 15) is 0 Å². The molecule has 0 aliphatic rings.